The molecule has 0 aliphatic carbocycles. The van der Waals surface area contributed by atoms with Crippen LogP contribution in [0.15, 0.2) is 12.7 Å². The number of nitrogen functional groups attached to an aromatic ring is 1. The van der Waals surface area contributed by atoms with Gasteiger partial charge in [-0.2, -0.15) is 8.62 Å². The number of fused-ring (bicyclic) bond motifs is 1. The Morgan fingerprint density at radius 3 is 2.29 bits per heavy atom. The molecule has 2 aromatic heterocycles. The highest BCUT2D eigenvalue weighted by Gasteiger charge is 2.41. The molecule has 0 saturated heterocycles. The zero-order chi connectivity index (χ0) is 23.4. The fourth-order valence-electron chi connectivity index (χ4n) is 2.31. The summed E-state index contributed by atoms with van der Waals surface area (Å²) in [5.41, 5.74) is 6.04. The van der Waals surface area contributed by atoms with E-state index in [0.717, 1.165) is 6.33 Å². The number of phosphoric acid groups is 3. The third-order valence-corrected chi connectivity index (χ3v) is 7.31. The Bertz CT molecular complexity index is 1100. The van der Waals surface area contributed by atoms with E-state index in [1.807, 2.05) is 0 Å². The minimum Gasteiger partial charge on any atom is -0.382 e. The lowest BCUT2D eigenvalue weighted by Gasteiger charge is -2.19. The van der Waals surface area contributed by atoms with E-state index < -0.39 is 42.0 Å². The van der Waals surface area contributed by atoms with E-state index in [9.17, 15) is 28.2 Å². The number of hydrogen-bond acceptors (Lipinski definition) is 12. The molecular formula is C11H16N5O12P3. The highest BCUT2D eigenvalue weighted by atomic mass is 31.3. The van der Waals surface area contributed by atoms with Crippen molar-refractivity contribution in [3.63, 3.8) is 0 Å². The number of carbonyl (C=O) groups excluding carboxylic acids is 2. The Labute approximate surface area is 172 Å². The molecule has 0 aliphatic rings. The lowest BCUT2D eigenvalue weighted by molar-refractivity contribution is -0.114. The van der Waals surface area contributed by atoms with Crippen LogP contribution in [0.4, 0.5) is 5.82 Å². The summed E-state index contributed by atoms with van der Waals surface area (Å²) < 4.78 is 46.4. The molecule has 6 N–H and O–H groups in total. The molecule has 2 unspecified atom stereocenters. The first-order valence-corrected chi connectivity index (χ1v) is 12.4. The van der Waals surface area contributed by atoms with Gasteiger partial charge in [-0.15, -0.1) is 0 Å². The number of nitrogens with zero attached hydrogens (tertiary/aromatic N) is 4. The first-order valence-electron chi connectivity index (χ1n) is 7.89. The van der Waals surface area contributed by atoms with Gasteiger partial charge in [0.15, 0.2) is 11.5 Å². The monoisotopic (exact) mass is 503 g/mol. The van der Waals surface area contributed by atoms with Crippen LogP contribution in [0.2, 0.25) is 0 Å². The molecule has 0 spiro atoms. The molecule has 31 heavy (non-hydrogen) atoms. The molecule has 0 saturated carbocycles. The molecule has 17 nitrogen and oxygen atoms in total. The number of phosphoric ester groups is 1. The van der Waals surface area contributed by atoms with E-state index in [0.29, 0.717) is 6.29 Å². The van der Waals surface area contributed by atoms with Crippen molar-refractivity contribution in [1.29, 1.82) is 0 Å². The van der Waals surface area contributed by atoms with Crippen molar-refractivity contribution in [3.05, 3.63) is 12.7 Å². The van der Waals surface area contributed by atoms with Crippen molar-refractivity contribution in [2.75, 3.05) is 12.3 Å². The van der Waals surface area contributed by atoms with Gasteiger partial charge >= 0.3 is 23.5 Å². The Morgan fingerprint density at radius 2 is 1.71 bits per heavy atom. The summed E-state index contributed by atoms with van der Waals surface area (Å²) in [6, 6.07) is -1.04. The first-order chi connectivity index (χ1) is 14.3. The van der Waals surface area contributed by atoms with Gasteiger partial charge in [0, 0.05) is 5.92 Å². The van der Waals surface area contributed by atoms with E-state index in [4.69, 9.17) is 20.4 Å². The second kappa shape index (κ2) is 9.71. The minimum absolute atomic E-state index is 0.0491. The number of carbonyl (C=O) groups is 2. The number of aromatic nitrogens is 4. The predicted octanol–water partition coefficient (Wildman–Crippen LogP) is -0.303. The molecule has 0 radical (unpaired) electrons. The molecule has 0 fully saturated rings. The summed E-state index contributed by atoms with van der Waals surface area (Å²) in [5.74, 6) is -1.16. The Morgan fingerprint density at radius 1 is 1.03 bits per heavy atom. The van der Waals surface area contributed by atoms with Crippen LogP contribution < -0.4 is 5.73 Å². The van der Waals surface area contributed by atoms with Crippen molar-refractivity contribution in [2.24, 2.45) is 5.92 Å². The van der Waals surface area contributed by atoms with Gasteiger partial charge in [0.1, 0.15) is 24.4 Å². The van der Waals surface area contributed by atoms with Crippen LogP contribution >= 0.6 is 23.5 Å². The first kappa shape index (κ1) is 25.4. The standard InChI is InChI=1S/C11H16N5O12P3/c12-10-9-11(14-5-13-10)16(6-15-9)8(3-18)1-7(2-17)4-26-30(22,23)28-31(24,25)27-29(19,20)21/h2-3,5-8H,1,4H2,(H,22,23)(H,24,25)(H2,12,13,14)(H2,19,20,21)/t7-,8-/m0/s1. The third-order valence-electron chi connectivity index (χ3n) is 3.51. The van der Waals surface area contributed by atoms with E-state index in [-0.39, 0.29) is 29.7 Å². The molecule has 2 rings (SSSR count). The van der Waals surface area contributed by atoms with Crippen molar-refractivity contribution in [1.82, 2.24) is 19.5 Å². The van der Waals surface area contributed by atoms with Crippen LogP contribution in [0.5, 0.6) is 0 Å². The fraction of sp³-hybridized carbons (Fsp3) is 0.364. The van der Waals surface area contributed by atoms with Crippen LogP contribution in [-0.4, -0.2) is 58.3 Å². The number of aldehydes is 2. The number of nitrogens with two attached hydrogens (primary N) is 1. The minimum atomic E-state index is -5.69. The predicted molar refractivity (Wildman–Crippen MR) is 98.8 cm³/mol. The highest BCUT2D eigenvalue weighted by molar-refractivity contribution is 7.66. The maximum Gasteiger partial charge on any atom is 0.490 e. The number of anilines is 1. The zero-order valence-corrected chi connectivity index (χ0v) is 17.8. The molecule has 0 aliphatic heterocycles. The van der Waals surface area contributed by atoms with Crippen LogP contribution in [0, 0.1) is 5.92 Å². The maximum atomic E-state index is 11.7. The van der Waals surface area contributed by atoms with Gasteiger partial charge in [-0.05, 0) is 6.42 Å². The number of imidazole rings is 1. The van der Waals surface area contributed by atoms with Gasteiger partial charge in [-0.3, -0.25) is 4.52 Å². The van der Waals surface area contributed by atoms with Crippen LogP contribution in [0.1, 0.15) is 12.5 Å². The third kappa shape index (κ3) is 7.33. The van der Waals surface area contributed by atoms with E-state index in [2.05, 4.69) is 28.1 Å². The molecule has 0 bridgehead atoms. The Hall–Kier alpha value is -1.90. The molecule has 4 atom stereocenters. The molecule has 0 aromatic carbocycles. The summed E-state index contributed by atoms with van der Waals surface area (Å²) in [7, 11) is -16.6. The zero-order valence-electron chi connectivity index (χ0n) is 15.1. The number of hydrogen-bond donors (Lipinski definition) is 5. The van der Waals surface area contributed by atoms with Gasteiger partial charge in [0.25, 0.3) is 0 Å². The summed E-state index contributed by atoms with van der Waals surface area (Å²) in [6.45, 7) is -0.874. The van der Waals surface area contributed by atoms with Crippen molar-refractivity contribution in [3.8, 4) is 0 Å². The SMILES string of the molecule is Nc1ncnc2c1ncn2[C@H](C=O)C[C@@H](C=O)COP(=O)(O)OP(=O)(O)OP(=O)(O)O. The maximum absolute atomic E-state index is 11.7. The van der Waals surface area contributed by atoms with E-state index >= 15 is 0 Å². The van der Waals surface area contributed by atoms with Crippen LogP contribution in [0.3, 0.4) is 0 Å². The topological polar surface area (TPSA) is 264 Å². The van der Waals surface area contributed by atoms with Gasteiger partial charge < -0.3 is 39.5 Å². The lowest BCUT2D eigenvalue weighted by atomic mass is 10.0. The van der Waals surface area contributed by atoms with Gasteiger partial charge in [0.2, 0.25) is 0 Å². The Balaban J connectivity index is 2.08. The molecule has 0 amide bonds. The largest absolute Gasteiger partial charge is 0.490 e. The van der Waals surface area contributed by atoms with Gasteiger partial charge in [-0.25, -0.2) is 28.6 Å². The second-order valence-corrected chi connectivity index (χ2v) is 10.2. The van der Waals surface area contributed by atoms with Crippen LogP contribution in [-0.2, 0) is 36.4 Å². The smallest absolute Gasteiger partial charge is 0.382 e. The van der Waals surface area contributed by atoms with Gasteiger partial charge in [0.05, 0.1) is 19.0 Å². The van der Waals surface area contributed by atoms with Crippen molar-refractivity contribution in [2.45, 2.75) is 12.5 Å². The van der Waals surface area contributed by atoms with Crippen LogP contribution in [0.25, 0.3) is 11.2 Å². The summed E-state index contributed by atoms with van der Waals surface area (Å²) in [5, 5.41) is 0. The molecular weight excluding hydrogens is 487 g/mol. The number of rotatable bonds is 12. The van der Waals surface area contributed by atoms with Crippen molar-refractivity contribution < 1.29 is 56.0 Å². The van der Waals surface area contributed by atoms with Gasteiger partial charge in [-0.1, -0.05) is 0 Å². The second-order valence-electron chi connectivity index (χ2n) is 5.81. The average molecular weight is 503 g/mol. The summed E-state index contributed by atoms with van der Waals surface area (Å²) >= 11 is 0. The average Bonchev–Trinajstić information content (AvgIpc) is 3.04. The van der Waals surface area contributed by atoms with E-state index in [1.54, 1.807) is 0 Å². The van der Waals surface area contributed by atoms with Crippen molar-refractivity contribution >= 4 is 53.0 Å². The molecule has 20 heteroatoms. The summed E-state index contributed by atoms with van der Waals surface area (Å²) in [6.07, 6.45) is 2.80. The normalized spacial score (nSPS) is 18.1. The fourth-order valence-corrected chi connectivity index (χ4v) is 5.39. The molecule has 2 heterocycles. The lowest BCUT2D eigenvalue weighted by Crippen LogP contribution is -2.19. The highest BCUT2D eigenvalue weighted by Crippen LogP contribution is 2.66. The summed E-state index contributed by atoms with van der Waals surface area (Å²) in [4.78, 5) is 70.0. The van der Waals surface area contributed by atoms with E-state index in [1.165, 1.54) is 10.9 Å². The molecule has 2 aromatic rings. The Kier molecular flexibility index (Phi) is 7.94. The quantitative estimate of drug-likeness (QED) is 0.184. The molecule has 172 valence electrons.